The summed E-state index contributed by atoms with van der Waals surface area (Å²) in [5, 5.41) is 4.93. The van der Waals surface area contributed by atoms with E-state index in [0.717, 1.165) is 25.4 Å². The van der Waals surface area contributed by atoms with E-state index in [1.807, 2.05) is 11.3 Å². The van der Waals surface area contributed by atoms with Crippen LogP contribution < -0.4 is 5.32 Å². The van der Waals surface area contributed by atoms with Crippen molar-refractivity contribution in [3.8, 4) is 0 Å². The van der Waals surface area contributed by atoms with E-state index in [-0.39, 0.29) is 0 Å². The third-order valence-electron chi connectivity index (χ3n) is 4.53. The van der Waals surface area contributed by atoms with Crippen molar-refractivity contribution in [2.24, 2.45) is 5.41 Å². The van der Waals surface area contributed by atoms with Crippen molar-refractivity contribution in [2.75, 3.05) is 6.54 Å². The van der Waals surface area contributed by atoms with Gasteiger partial charge in [0.05, 0.1) is 10.7 Å². The summed E-state index contributed by atoms with van der Waals surface area (Å²) in [5.74, 6) is 0.721. The third-order valence-corrected chi connectivity index (χ3v) is 5.79. The molecule has 2 rings (SSSR count). The minimum atomic E-state index is 0.548. The van der Waals surface area contributed by atoms with Crippen LogP contribution in [0, 0.1) is 5.41 Å². The second-order valence-corrected chi connectivity index (χ2v) is 8.01. The van der Waals surface area contributed by atoms with Gasteiger partial charge in [0.25, 0.3) is 0 Å². The van der Waals surface area contributed by atoms with Crippen LogP contribution in [0.2, 0.25) is 0 Å². The molecule has 0 aromatic carbocycles. The highest BCUT2D eigenvalue weighted by Crippen LogP contribution is 2.43. The summed E-state index contributed by atoms with van der Waals surface area (Å²) >= 11 is 1.97. The molecule has 0 radical (unpaired) electrons. The van der Waals surface area contributed by atoms with Crippen LogP contribution in [0.25, 0.3) is 0 Å². The topological polar surface area (TPSA) is 24.9 Å². The number of hydrogen-bond donors (Lipinski definition) is 1. The number of aromatic nitrogens is 1. The molecule has 0 unspecified atom stereocenters. The predicted molar refractivity (Wildman–Crippen MR) is 88.5 cm³/mol. The van der Waals surface area contributed by atoms with E-state index in [9.17, 15) is 0 Å². The maximum Gasteiger partial charge on any atom is 0.0962 e. The van der Waals surface area contributed by atoms with Gasteiger partial charge in [-0.05, 0) is 50.5 Å². The summed E-state index contributed by atoms with van der Waals surface area (Å²) in [6.07, 6.45) is 7.61. The number of rotatable bonds is 6. The average Bonchev–Trinajstić information content (AvgIpc) is 2.82. The van der Waals surface area contributed by atoms with Crippen LogP contribution >= 0.6 is 11.3 Å². The molecule has 1 aromatic heterocycles. The van der Waals surface area contributed by atoms with E-state index < -0.39 is 0 Å². The first-order valence-electron chi connectivity index (χ1n) is 8.25. The molecule has 2 nitrogen and oxygen atoms in total. The molecular weight excluding hydrogens is 264 g/mol. The minimum Gasteiger partial charge on any atom is -0.312 e. The van der Waals surface area contributed by atoms with Gasteiger partial charge in [-0.3, -0.25) is 0 Å². The molecule has 0 saturated heterocycles. The van der Waals surface area contributed by atoms with Gasteiger partial charge in [0.2, 0.25) is 0 Å². The largest absolute Gasteiger partial charge is 0.312 e. The van der Waals surface area contributed by atoms with Crippen molar-refractivity contribution in [2.45, 2.75) is 78.7 Å². The summed E-state index contributed by atoms with van der Waals surface area (Å²) in [4.78, 5) is 6.43. The van der Waals surface area contributed by atoms with Crippen molar-refractivity contribution >= 4 is 11.3 Å². The Kier molecular flexibility index (Phi) is 5.62. The smallest absolute Gasteiger partial charge is 0.0962 e. The lowest BCUT2D eigenvalue weighted by Crippen LogP contribution is -2.20. The Hall–Kier alpha value is -0.410. The number of hydrogen-bond acceptors (Lipinski definition) is 3. The molecule has 0 aliphatic heterocycles. The molecule has 20 heavy (non-hydrogen) atoms. The Balaban J connectivity index is 2.01. The normalized spacial score (nSPS) is 19.4. The molecule has 1 aliphatic carbocycles. The van der Waals surface area contributed by atoms with Crippen LogP contribution in [0.5, 0.6) is 0 Å². The molecule has 1 fully saturated rings. The number of nitrogens with one attached hydrogen (secondary N) is 1. The first kappa shape index (κ1) is 16.0. The quantitative estimate of drug-likeness (QED) is 0.756. The van der Waals surface area contributed by atoms with Gasteiger partial charge in [-0.25, -0.2) is 4.98 Å². The fourth-order valence-corrected chi connectivity index (χ4v) is 4.31. The van der Waals surface area contributed by atoms with Crippen molar-refractivity contribution in [3.05, 3.63) is 15.6 Å². The zero-order valence-corrected chi connectivity index (χ0v) is 14.4. The Labute approximate surface area is 128 Å². The van der Waals surface area contributed by atoms with Gasteiger partial charge in [-0.2, -0.15) is 0 Å². The Morgan fingerprint density at radius 3 is 2.55 bits per heavy atom. The van der Waals surface area contributed by atoms with Crippen LogP contribution in [0.1, 0.15) is 81.3 Å². The Bertz CT molecular complexity index is 413. The van der Waals surface area contributed by atoms with Gasteiger partial charge in [-0.1, -0.05) is 27.7 Å². The predicted octanol–water partition coefficient (Wildman–Crippen LogP) is 4.89. The second kappa shape index (κ2) is 7.04. The molecule has 1 heterocycles. The fourth-order valence-electron chi connectivity index (χ4n) is 3.02. The van der Waals surface area contributed by atoms with Crippen LogP contribution in [0.3, 0.4) is 0 Å². The molecule has 0 amide bonds. The maximum absolute atomic E-state index is 4.96. The third kappa shape index (κ3) is 4.05. The van der Waals surface area contributed by atoms with E-state index in [0.29, 0.717) is 5.41 Å². The van der Waals surface area contributed by atoms with Crippen LogP contribution in [0.4, 0.5) is 0 Å². The summed E-state index contributed by atoms with van der Waals surface area (Å²) in [7, 11) is 0. The van der Waals surface area contributed by atoms with Gasteiger partial charge >= 0.3 is 0 Å². The summed E-state index contributed by atoms with van der Waals surface area (Å²) in [6.45, 7) is 11.4. The molecule has 1 saturated carbocycles. The maximum atomic E-state index is 4.96. The lowest BCUT2D eigenvalue weighted by molar-refractivity contribution is 0.224. The van der Waals surface area contributed by atoms with E-state index >= 15 is 0 Å². The Morgan fingerprint density at radius 2 is 1.95 bits per heavy atom. The van der Waals surface area contributed by atoms with Crippen LogP contribution in [-0.4, -0.2) is 11.5 Å². The summed E-state index contributed by atoms with van der Waals surface area (Å²) < 4.78 is 0. The minimum absolute atomic E-state index is 0.548. The highest BCUT2D eigenvalue weighted by Gasteiger charge is 2.29. The summed E-state index contributed by atoms with van der Waals surface area (Å²) in [6, 6.07) is 0. The lowest BCUT2D eigenvalue weighted by Gasteiger charge is -2.33. The van der Waals surface area contributed by atoms with Crippen molar-refractivity contribution in [3.63, 3.8) is 0 Å². The van der Waals surface area contributed by atoms with Gasteiger partial charge in [0.15, 0.2) is 0 Å². The highest BCUT2D eigenvalue weighted by molar-refractivity contribution is 7.11. The molecule has 1 aromatic rings. The highest BCUT2D eigenvalue weighted by atomic mass is 32.1. The van der Waals surface area contributed by atoms with Crippen molar-refractivity contribution in [1.29, 1.82) is 0 Å². The second-order valence-electron chi connectivity index (χ2n) is 6.89. The number of nitrogens with zero attached hydrogens (tertiary/aromatic N) is 1. The molecule has 0 bridgehead atoms. The van der Waals surface area contributed by atoms with E-state index in [1.54, 1.807) is 0 Å². The van der Waals surface area contributed by atoms with Crippen LogP contribution in [0.15, 0.2) is 0 Å². The molecule has 0 spiro atoms. The average molecular weight is 295 g/mol. The van der Waals surface area contributed by atoms with Gasteiger partial charge in [-0.15, -0.1) is 11.3 Å². The monoisotopic (exact) mass is 294 g/mol. The van der Waals surface area contributed by atoms with E-state index in [2.05, 4.69) is 33.0 Å². The lowest BCUT2D eigenvalue weighted by atomic mass is 9.73. The van der Waals surface area contributed by atoms with Crippen molar-refractivity contribution in [1.82, 2.24) is 10.3 Å². The van der Waals surface area contributed by atoms with E-state index in [1.165, 1.54) is 47.7 Å². The zero-order valence-electron chi connectivity index (χ0n) is 13.6. The fraction of sp³-hybridized carbons (Fsp3) is 0.824. The summed E-state index contributed by atoms with van der Waals surface area (Å²) in [5.41, 5.74) is 1.88. The molecule has 114 valence electrons. The van der Waals surface area contributed by atoms with E-state index in [4.69, 9.17) is 4.98 Å². The zero-order chi connectivity index (χ0) is 14.6. The number of aryl methyl sites for hydroxylation is 1. The molecule has 1 aliphatic rings. The standard InChI is InChI=1S/C17H30N2S/c1-5-11-18-12-15-14(6-2)19-16(20-15)13-7-9-17(3,4)10-8-13/h13,18H,5-12H2,1-4H3. The first-order valence-corrected chi connectivity index (χ1v) is 9.06. The molecule has 1 N–H and O–H groups in total. The Morgan fingerprint density at radius 1 is 1.25 bits per heavy atom. The molecular formula is C17H30N2S. The van der Waals surface area contributed by atoms with Gasteiger partial charge in [0, 0.05) is 17.3 Å². The SMILES string of the molecule is CCCNCc1sc(C2CCC(C)(C)CC2)nc1CC. The van der Waals surface area contributed by atoms with Gasteiger partial charge < -0.3 is 5.32 Å². The molecule has 0 atom stereocenters. The number of thiazole rings is 1. The first-order chi connectivity index (χ1) is 9.55. The van der Waals surface area contributed by atoms with Crippen molar-refractivity contribution < 1.29 is 0 Å². The molecule has 3 heteroatoms. The van der Waals surface area contributed by atoms with Gasteiger partial charge in [0.1, 0.15) is 0 Å². The van der Waals surface area contributed by atoms with Crippen LogP contribution in [-0.2, 0) is 13.0 Å².